The molecule has 1 amide bonds. The molecular weight excluding hydrogens is 342 g/mol. The molecule has 1 saturated heterocycles. The van der Waals surface area contributed by atoms with E-state index in [9.17, 15) is 24.6 Å². The van der Waals surface area contributed by atoms with Gasteiger partial charge in [-0.3, -0.25) is 9.69 Å². The van der Waals surface area contributed by atoms with Gasteiger partial charge in [-0.2, -0.15) is 5.26 Å². The summed E-state index contributed by atoms with van der Waals surface area (Å²) in [6.45, 7) is 0.0557. The molecule has 0 radical (unpaired) electrons. The smallest absolute Gasteiger partial charge is 0.408 e. The summed E-state index contributed by atoms with van der Waals surface area (Å²) in [5.41, 5.74) is 1.12. The van der Waals surface area contributed by atoms with Gasteiger partial charge in [0.25, 0.3) is 5.56 Å². The number of nitriles is 1. The second kappa shape index (κ2) is 6.36. The van der Waals surface area contributed by atoms with Crippen molar-refractivity contribution >= 4 is 28.8 Å². The van der Waals surface area contributed by atoms with Gasteiger partial charge in [0.05, 0.1) is 11.2 Å². The average molecular weight is 357 g/mol. The topological polar surface area (TPSA) is 140 Å². The van der Waals surface area contributed by atoms with Crippen LogP contribution in [0.5, 0.6) is 0 Å². The molecule has 1 aliphatic heterocycles. The summed E-state index contributed by atoms with van der Waals surface area (Å²) in [5, 5.41) is 27.6. The van der Waals surface area contributed by atoms with Gasteiger partial charge in [0.1, 0.15) is 23.3 Å². The van der Waals surface area contributed by atoms with Crippen molar-refractivity contribution in [1.29, 1.82) is 5.26 Å². The number of carboxylic acid groups (broad SMARTS) is 2. The fraction of sp³-hybridized carbons (Fsp3) is 0.312. The number of pyridine rings is 2. The van der Waals surface area contributed by atoms with E-state index in [-0.39, 0.29) is 30.9 Å². The van der Waals surface area contributed by atoms with Crippen molar-refractivity contribution in [3.05, 3.63) is 34.2 Å². The Morgan fingerprint density at radius 2 is 2.04 bits per heavy atom. The summed E-state index contributed by atoms with van der Waals surface area (Å²) in [6.07, 6.45) is -1.31. The van der Waals surface area contributed by atoms with Gasteiger partial charge in [-0.1, -0.05) is 0 Å². The minimum Gasteiger partial charge on any atom is -0.480 e. The molecule has 134 valence electrons. The first-order valence-corrected chi connectivity index (χ1v) is 7.71. The monoisotopic (exact) mass is 357 g/mol. The van der Waals surface area contributed by atoms with Crippen LogP contribution in [0.3, 0.4) is 0 Å². The molecule has 2 N–H and O–H groups in total. The number of rotatable bonds is 2. The van der Waals surface area contributed by atoms with Crippen LogP contribution in [-0.4, -0.2) is 62.4 Å². The van der Waals surface area contributed by atoms with Gasteiger partial charge in [-0.15, -0.1) is 0 Å². The Kier molecular flexibility index (Phi) is 4.21. The summed E-state index contributed by atoms with van der Waals surface area (Å²) < 4.78 is 1.38. The lowest BCUT2D eigenvalue weighted by Gasteiger charge is -2.39. The summed E-state index contributed by atoms with van der Waals surface area (Å²) in [4.78, 5) is 41.7. The van der Waals surface area contributed by atoms with Crippen molar-refractivity contribution in [2.45, 2.75) is 6.04 Å². The van der Waals surface area contributed by atoms with Crippen molar-refractivity contribution in [1.82, 2.24) is 14.5 Å². The highest BCUT2D eigenvalue weighted by atomic mass is 16.4. The fourth-order valence-electron chi connectivity index (χ4n) is 3.06. The number of amides is 1. The molecule has 3 heterocycles. The number of fused-ring (bicyclic) bond motifs is 1. The quantitative estimate of drug-likeness (QED) is 0.769. The Bertz CT molecular complexity index is 1010. The number of aliphatic carboxylic acids is 1. The Labute approximate surface area is 147 Å². The van der Waals surface area contributed by atoms with E-state index >= 15 is 0 Å². The number of aryl methyl sites for hydroxylation is 1. The largest absolute Gasteiger partial charge is 0.480 e. The highest BCUT2D eigenvalue weighted by Crippen LogP contribution is 2.26. The maximum absolute atomic E-state index is 12.3. The van der Waals surface area contributed by atoms with E-state index < -0.39 is 18.1 Å². The Morgan fingerprint density at radius 1 is 1.31 bits per heavy atom. The van der Waals surface area contributed by atoms with Crippen LogP contribution in [0.15, 0.2) is 23.0 Å². The van der Waals surface area contributed by atoms with E-state index in [1.807, 2.05) is 6.07 Å². The van der Waals surface area contributed by atoms with E-state index in [1.165, 1.54) is 16.7 Å². The lowest BCUT2D eigenvalue weighted by atomic mass is 10.1. The molecule has 1 aliphatic rings. The molecule has 10 nitrogen and oxygen atoms in total. The van der Waals surface area contributed by atoms with Crippen LogP contribution in [0.25, 0.3) is 11.0 Å². The van der Waals surface area contributed by atoms with Gasteiger partial charge in [0.2, 0.25) is 0 Å². The number of hydrogen-bond donors (Lipinski definition) is 2. The molecule has 2 aromatic rings. The zero-order valence-corrected chi connectivity index (χ0v) is 13.8. The van der Waals surface area contributed by atoms with E-state index in [4.69, 9.17) is 5.26 Å². The van der Waals surface area contributed by atoms with Crippen molar-refractivity contribution < 1.29 is 19.8 Å². The summed E-state index contributed by atoms with van der Waals surface area (Å²) in [6, 6.07) is 5.10. The van der Waals surface area contributed by atoms with Gasteiger partial charge in [-0.05, 0) is 12.1 Å². The molecule has 1 atom stereocenters. The van der Waals surface area contributed by atoms with E-state index in [1.54, 1.807) is 18.0 Å². The van der Waals surface area contributed by atoms with Crippen LogP contribution in [0.2, 0.25) is 0 Å². The zero-order chi connectivity index (χ0) is 19.0. The lowest BCUT2D eigenvalue weighted by Crippen LogP contribution is -2.58. The summed E-state index contributed by atoms with van der Waals surface area (Å²) in [7, 11) is 1.57. The van der Waals surface area contributed by atoms with Gasteiger partial charge in [0, 0.05) is 32.7 Å². The first-order valence-electron chi connectivity index (χ1n) is 7.71. The molecule has 26 heavy (non-hydrogen) atoms. The highest BCUT2D eigenvalue weighted by molar-refractivity contribution is 5.89. The number of piperazine rings is 1. The molecule has 2 aromatic heterocycles. The van der Waals surface area contributed by atoms with E-state index in [0.717, 1.165) is 4.90 Å². The minimum atomic E-state index is -1.31. The normalized spacial score (nSPS) is 17.2. The SMILES string of the molecule is Cn1c(=O)cc(N2CCN(C(=O)O)[C@H](C(=O)O)C2)c2nc(C#N)ccc21. The number of aromatic nitrogens is 2. The minimum absolute atomic E-state index is 0.0268. The molecular formula is C16H15N5O5. The van der Waals surface area contributed by atoms with Gasteiger partial charge < -0.3 is 19.7 Å². The van der Waals surface area contributed by atoms with Crippen LogP contribution < -0.4 is 10.5 Å². The number of nitrogens with zero attached hydrogens (tertiary/aromatic N) is 5. The second-order valence-electron chi connectivity index (χ2n) is 5.88. The van der Waals surface area contributed by atoms with Crippen LogP contribution in [0.4, 0.5) is 10.5 Å². The third-order valence-electron chi connectivity index (χ3n) is 4.44. The van der Waals surface area contributed by atoms with Crippen LogP contribution in [0.1, 0.15) is 5.69 Å². The molecule has 0 aromatic carbocycles. The van der Waals surface area contributed by atoms with Gasteiger partial charge >= 0.3 is 12.1 Å². The Hall–Kier alpha value is -3.61. The summed E-state index contributed by atoms with van der Waals surface area (Å²) >= 11 is 0. The average Bonchev–Trinajstić information content (AvgIpc) is 2.63. The maximum atomic E-state index is 12.3. The van der Waals surface area contributed by atoms with Crippen LogP contribution >= 0.6 is 0 Å². The molecule has 0 spiro atoms. The van der Waals surface area contributed by atoms with Crippen LogP contribution in [0, 0.1) is 11.3 Å². The van der Waals surface area contributed by atoms with Crippen molar-refractivity contribution in [2.75, 3.05) is 24.5 Å². The number of anilines is 1. The van der Waals surface area contributed by atoms with Gasteiger partial charge in [-0.25, -0.2) is 14.6 Å². The standard InChI is InChI=1S/C16H15N5O5/c1-19-10-3-2-9(7-17)18-14(10)11(6-13(19)22)20-4-5-21(16(25)26)12(8-20)15(23)24/h2-3,6,12H,4-5,8H2,1H3,(H,23,24)(H,25,26)/t12-/m0/s1. The second-order valence-corrected chi connectivity index (χ2v) is 5.88. The van der Waals surface area contributed by atoms with E-state index in [2.05, 4.69) is 4.98 Å². The molecule has 3 rings (SSSR count). The maximum Gasteiger partial charge on any atom is 0.408 e. The summed E-state index contributed by atoms with van der Waals surface area (Å²) in [5.74, 6) is -1.27. The third-order valence-corrected chi connectivity index (χ3v) is 4.44. The predicted molar refractivity (Wildman–Crippen MR) is 90.1 cm³/mol. The predicted octanol–water partition coefficient (Wildman–Crippen LogP) is 0.0584. The molecule has 0 aliphatic carbocycles. The third kappa shape index (κ3) is 2.79. The van der Waals surface area contributed by atoms with Crippen LogP contribution in [-0.2, 0) is 11.8 Å². The van der Waals surface area contributed by atoms with Gasteiger partial charge in [0.15, 0.2) is 0 Å². The molecule has 0 saturated carbocycles. The number of carboxylic acids is 1. The Balaban J connectivity index is 2.12. The first-order chi connectivity index (χ1) is 12.3. The van der Waals surface area contributed by atoms with Crippen molar-refractivity contribution in [2.24, 2.45) is 7.05 Å². The molecule has 10 heteroatoms. The zero-order valence-electron chi connectivity index (χ0n) is 13.8. The number of hydrogen-bond acceptors (Lipinski definition) is 6. The first kappa shape index (κ1) is 17.2. The lowest BCUT2D eigenvalue weighted by molar-refractivity contribution is -0.142. The Morgan fingerprint density at radius 3 is 2.65 bits per heavy atom. The van der Waals surface area contributed by atoms with E-state index in [0.29, 0.717) is 16.7 Å². The molecule has 1 fully saturated rings. The number of carbonyl (C=O) groups is 2. The molecule has 0 bridgehead atoms. The fourth-order valence-corrected chi connectivity index (χ4v) is 3.06. The molecule has 0 unspecified atom stereocenters. The van der Waals surface area contributed by atoms with Crippen molar-refractivity contribution in [3.8, 4) is 6.07 Å². The highest BCUT2D eigenvalue weighted by Gasteiger charge is 2.36. The van der Waals surface area contributed by atoms with Crippen molar-refractivity contribution in [3.63, 3.8) is 0 Å².